The molecule has 2 nitrogen and oxygen atoms in total. The first-order valence-corrected chi connectivity index (χ1v) is 5.80. The second-order valence-corrected chi connectivity index (χ2v) is 4.10. The summed E-state index contributed by atoms with van der Waals surface area (Å²) in [6.45, 7) is 2.08. The van der Waals surface area contributed by atoms with E-state index >= 15 is 0 Å². The molecule has 0 spiro atoms. The van der Waals surface area contributed by atoms with Gasteiger partial charge in [0, 0.05) is 0 Å². The molecule has 0 fully saturated rings. The monoisotopic (exact) mass is 210 g/mol. The van der Waals surface area contributed by atoms with Crippen LogP contribution in [0, 0.1) is 0 Å². The Labute approximate surface area is 88.3 Å². The van der Waals surface area contributed by atoms with Gasteiger partial charge in [0.25, 0.3) is 0 Å². The Balaban J connectivity index is 2.56. The number of hydrogen-bond acceptors (Lipinski definition) is 3. The average Bonchev–Trinajstić information content (AvgIpc) is 2.18. The van der Waals surface area contributed by atoms with Crippen LogP contribution in [0.15, 0.2) is 24.3 Å². The quantitative estimate of drug-likeness (QED) is 0.599. The summed E-state index contributed by atoms with van der Waals surface area (Å²) >= 11 is 1.60. The first-order valence-electron chi connectivity index (χ1n) is 4.64. The Bertz CT molecular complexity index is 310. The maximum Gasteiger partial charge on any atom is 0.176 e. The summed E-state index contributed by atoms with van der Waals surface area (Å²) in [5.41, 5.74) is 0.427. The summed E-state index contributed by atoms with van der Waals surface area (Å²) in [6.07, 6.45) is 1.07. The maximum absolute atomic E-state index is 11.6. The molecule has 3 heteroatoms. The van der Waals surface area contributed by atoms with Gasteiger partial charge in [-0.3, -0.25) is 4.79 Å². The fourth-order valence-electron chi connectivity index (χ4n) is 1.10. The minimum absolute atomic E-state index is 0.00144. The van der Waals surface area contributed by atoms with Gasteiger partial charge in [-0.25, -0.2) is 0 Å². The Morgan fingerprint density at radius 3 is 2.79 bits per heavy atom. The van der Waals surface area contributed by atoms with E-state index in [4.69, 9.17) is 0 Å². The summed E-state index contributed by atoms with van der Waals surface area (Å²) in [7, 11) is 0. The molecule has 0 amide bonds. The van der Waals surface area contributed by atoms with E-state index in [1.807, 2.05) is 0 Å². The second kappa shape index (κ2) is 5.70. The van der Waals surface area contributed by atoms with Gasteiger partial charge >= 0.3 is 0 Å². The zero-order valence-corrected chi connectivity index (χ0v) is 9.01. The highest BCUT2D eigenvalue weighted by molar-refractivity contribution is 7.99. The van der Waals surface area contributed by atoms with Crippen molar-refractivity contribution in [2.24, 2.45) is 0 Å². The zero-order valence-electron chi connectivity index (χ0n) is 8.19. The van der Waals surface area contributed by atoms with Crippen molar-refractivity contribution in [3.05, 3.63) is 29.8 Å². The van der Waals surface area contributed by atoms with Gasteiger partial charge in [-0.1, -0.05) is 19.1 Å². The third-order valence-electron chi connectivity index (χ3n) is 1.79. The van der Waals surface area contributed by atoms with Crippen LogP contribution in [0.2, 0.25) is 0 Å². The van der Waals surface area contributed by atoms with Gasteiger partial charge in [-0.15, -0.1) is 0 Å². The fourth-order valence-corrected chi connectivity index (χ4v) is 1.87. The summed E-state index contributed by atoms with van der Waals surface area (Å²) in [6, 6.07) is 6.67. The van der Waals surface area contributed by atoms with Crippen LogP contribution < -0.4 is 0 Å². The highest BCUT2D eigenvalue weighted by Gasteiger charge is 2.09. The van der Waals surface area contributed by atoms with Crippen molar-refractivity contribution in [1.82, 2.24) is 0 Å². The number of benzene rings is 1. The highest BCUT2D eigenvalue weighted by Crippen LogP contribution is 2.18. The minimum atomic E-state index is 0.00144. The number of para-hydroxylation sites is 1. The molecule has 0 saturated carbocycles. The molecule has 0 heterocycles. The number of phenols is 1. The first-order chi connectivity index (χ1) is 6.75. The van der Waals surface area contributed by atoms with Gasteiger partial charge in [0.15, 0.2) is 5.78 Å². The molecule has 0 bridgehead atoms. The molecule has 0 radical (unpaired) electrons. The zero-order chi connectivity index (χ0) is 10.4. The van der Waals surface area contributed by atoms with E-state index in [1.165, 1.54) is 6.07 Å². The van der Waals surface area contributed by atoms with Gasteiger partial charge in [0.1, 0.15) is 5.75 Å². The van der Waals surface area contributed by atoms with E-state index in [0.29, 0.717) is 11.3 Å². The number of carbonyl (C=O) groups is 1. The van der Waals surface area contributed by atoms with Gasteiger partial charge in [0.2, 0.25) is 0 Å². The number of Topliss-reactive ketones (excluding diaryl/α,β-unsaturated/α-hetero) is 1. The van der Waals surface area contributed by atoms with Crippen molar-refractivity contribution in [3.63, 3.8) is 0 Å². The van der Waals surface area contributed by atoms with Gasteiger partial charge in [-0.2, -0.15) is 11.8 Å². The molecule has 0 atom stereocenters. The van der Waals surface area contributed by atoms with E-state index in [2.05, 4.69) is 6.92 Å². The molecule has 0 unspecified atom stereocenters. The lowest BCUT2D eigenvalue weighted by molar-refractivity contribution is 0.102. The molecule has 1 N–H and O–H groups in total. The molecule has 0 aliphatic heterocycles. The number of carbonyl (C=O) groups excluding carboxylic acids is 1. The lowest BCUT2D eigenvalue weighted by atomic mass is 10.1. The van der Waals surface area contributed by atoms with Crippen LogP contribution in [0.4, 0.5) is 0 Å². The maximum atomic E-state index is 11.6. The molecule has 1 rings (SSSR count). The third-order valence-corrected chi connectivity index (χ3v) is 2.95. The van der Waals surface area contributed by atoms with Crippen LogP contribution in [0.5, 0.6) is 5.75 Å². The number of thioether (sulfide) groups is 1. The second-order valence-electron chi connectivity index (χ2n) is 2.99. The van der Waals surface area contributed by atoms with Crippen LogP contribution in [-0.2, 0) is 0 Å². The van der Waals surface area contributed by atoms with Crippen molar-refractivity contribution < 1.29 is 9.90 Å². The standard InChI is InChI=1S/C11H14O2S/c1-2-7-14-8-11(13)9-5-3-4-6-10(9)12/h3-6,12H,2,7-8H2,1H3. The van der Waals surface area contributed by atoms with E-state index in [-0.39, 0.29) is 11.5 Å². The number of ketones is 1. The van der Waals surface area contributed by atoms with E-state index in [1.54, 1.807) is 30.0 Å². The Morgan fingerprint density at radius 2 is 2.14 bits per heavy atom. The summed E-state index contributed by atoms with van der Waals surface area (Å²) in [5.74, 6) is 1.52. The van der Waals surface area contributed by atoms with Gasteiger partial charge in [0.05, 0.1) is 11.3 Å². The SMILES string of the molecule is CCCSCC(=O)c1ccccc1O. The largest absolute Gasteiger partial charge is 0.507 e. The van der Waals surface area contributed by atoms with Crippen LogP contribution in [0.25, 0.3) is 0 Å². The number of aromatic hydroxyl groups is 1. The minimum Gasteiger partial charge on any atom is -0.507 e. The fraction of sp³-hybridized carbons (Fsp3) is 0.364. The number of hydrogen-bond donors (Lipinski definition) is 1. The predicted octanol–water partition coefficient (Wildman–Crippen LogP) is 2.72. The number of phenolic OH excluding ortho intramolecular Hbond substituents is 1. The Hall–Kier alpha value is -0.960. The average molecular weight is 210 g/mol. The third kappa shape index (κ3) is 3.07. The van der Waals surface area contributed by atoms with E-state index < -0.39 is 0 Å². The number of rotatable bonds is 5. The molecule has 1 aromatic rings. The van der Waals surface area contributed by atoms with E-state index in [9.17, 15) is 9.90 Å². The first kappa shape index (κ1) is 11.1. The normalized spacial score (nSPS) is 10.1. The molecule has 14 heavy (non-hydrogen) atoms. The summed E-state index contributed by atoms with van der Waals surface area (Å²) < 4.78 is 0. The predicted molar refractivity (Wildman–Crippen MR) is 60.1 cm³/mol. The highest BCUT2D eigenvalue weighted by atomic mass is 32.2. The van der Waals surface area contributed by atoms with Crippen molar-refractivity contribution in [2.75, 3.05) is 11.5 Å². The lowest BCUT2D eigenvalue weighted by Gasteiger charge is -2.02. The van der Waals surface area contributed by atoms with Crippen LogP contribution in [0.3, 0.4) is 0 Å². The van der Waals surface area contributed by atoms with Crippen LogP contribution in [-0.4, -0.2) is 22.4 Å². The van der Waals surface area contributed by atoms with Crippen molar-refractivity contribution >= 4 is 17.5 Å². The van der Waals surface area contributed by atoms with E-state index in [0.717, 1.165) is 12.2 Å². The van der Waals surface area contributed by atoms with Crippen LogP contribution >= 0.6 is 11.8 Å². The summed E-state index contributed by atoms with van der Waals surface area (Å²) in [4.78, 5) is 11.6. The van der Waals surface area contributed by atoms with Crippen molar-refractivity contribution in [1.29, 1.82) is 0 Å². The van der Waals surface area contributed by atoms with Crippen molar-refractivity contribution in [3.8, 4) is 5.75 Å². The Morgan fingerprint density at radius 1 is 1.43 bits per heavy atom. The van der Waals surface area contributed by atoms with Crippen molar-refractivity contribution in [2.45, 2.75) is 13.3 Å². The Kier molecular flexibility index (Phi) is 4.53. The van der Waals surface area contributed by atoms with Crippen LogP contribution in [0.1, 0.15) is 23.7 Å². The molecular formula is C11H14O2S. The molecule has 1 aromatic carbocycles. The van der Waals surface area contributed by atoms with Gasteiger partial charge in [-0.05, 0) is 24.3 Å². The topological polar surface area (TPSA) is 37.3 Å². The molecule has 0 saturated heterocycles. The smallest absolute Gasteiger partial charge is 0.176 e. The lowest BCUT2D eigenvalue weighted by Crippen LogP contribution is -2.02. The molecule has 0 aromatic heterocycles. The molecular weight excluding hydrogens is 196 g/mol. The molecule has 0 aliphatic rings. The summed E-state index contributed by atoms with van der Waals surface area (Å²) in [5, 5.41) is 9.41. The van der Waals surface area contributed by atoms with Gasteiger partial charge < -0.3 is 5.11 Å². The molecule has 0 aliphatic carbocycles. The molecule has 76 valence electrons.